The molecule has 0 spiro atoms. The molecule has 0 bridgehead atoms. The third kappa shape index (κ3) is 3.12. The van der Waals surface area contributed by atoms with Gasteiger partial charge >= 0.3 is 0 Å². The summed E-state index contributed by atoms with van der Waals surface area (Å²) in [5, 5.41) is 3.65. The molecule has 0 amide bonds. The largest absolute Gasteiger partial charge is 0.338 e. The number of hydrogen-bond acceptors (Lipinski definition) is 3. The number of imidazole rings is 1. The number of aromatic nitrogens is 2. The number of likely N-dealkylation sites (tertiary alicyclic amines) is 1. The van der Waals surface area contributed by atoms with Gasteiger partial charge in [-0.25, -0.2) is 4.98 Å². The first kappa shape index (κ1) is 12.2. The zero-order valence-electron chi connectivity index (χ0n) is 11.3. The highest BCUT2D eigenvalue weighted by Crippen LogP contribution is 2.21. The fraction of sp³-hybridized carbons (Fsp3) is 0.786. The maximum Gasteiger partial charge on any atom is 0.109 e. The van der Waals surface area contributed by atoms with Crippen molar-refractivity contribution in [1.82, 2.24) is 19.8 Å². The summed E-state index contributed by atoms with van der Waals surface area (Å²) >= 11 is 0. The Bertz CT molecular complexity index is 383. The summed E-state index contributed by atoms with van der Waals surface area (Å²) < 4.78 is 2.13. The Labute approximate surface area is 109 Å². The van der Waals surface area contributed by atoms with Crippen molar-refractivity contribution in [2.75, 3.05) is 26.2 Å². The van der Waals surface area contributed by atoms with Gasteiger partial charge in [0.15, 0.2) is 0 Å². The van der Waals surface area contributed by atoms with E-state index in [0.717, 1.165) is 24.9 Å². The van der Waals surface area contributed by atoms with Crippen molar-refractivity contribution >= 4 is 0 Å². The highest BCUT2D eigenvalue weighted by molar-refractivity contribution is 4.92. The third-order valence-corrected chi connectivity index (χ3v) is 4.22. The Morgan fingerprint density at radius 2 is 2.28 bits per heavy atom. The Morgan fingerprint density at radius 3 is 3.00 bits per heavy atom. The zero-order chi connectivity index (χ0) is 12.4. The molecule has 2 aliphatic rings. The lowest BCUT2D eigenvalue weighted by Gasteiger charge is -2.16. The molecule has 1 aliphatic heterocycles. The minimum atomic E-state index is 0.853. The maximum atomic E-state index is 4.39. The average Bonchev–Trinajstić information content (AvgIpc) is 2.94. The molecule has 0 aromatic carbocycles. The summed E-state index contributed by atoms with van der Waals surface area (Å²) in [5.74, 6) is 2.07. The van der Waals surface area contributed by atoms with E-state index in [9.17, 15) is 0 Å². The highest BCUT2D eigenvalue weighted by Gasteiger charge is 2.26. The lowest BCUT2D eigenvalue weighted by Crippen LogP contribution is -2.29. The molecule has 1 aromatic heterocycles. The van der Waals surface area contributed by atoms with Gasteiger partial charge in [0.25, 0.3) is 0 Å². The molecular formula is C14H24N4. The van der Waals surface area contributed by atoms with Crippen LogP contribution >= 0.6 is 0 Å². The SMILES string of the molecule is Cn1ccnc1CCN1CCC(CNC2CC2)C1. The summed E-state index contributed by atoms with van der Waals surface area (Å²) in [5.41, 5.74) is 0. The van der Waals surface area contributed by atoms with E-state index >= 15 is 0 Å². The van der Waals surface area contributed by atoms with Crippen LogP contribution in [0.5, 0.6) is 0 Å². The summed E-state index contributed by atoms with van der Waals surface area (Å²) in [7, 11) is 2.08. The lowest BCUT2D eigenvalue weighted by atomic mass is 10.1. The van der Waals surface area contributed by atoms with Gasteiger partial charge in [0.1, 0.15) is 5.82 Å². The Morgan fingerprint density at radius 1 is 1.39 bits per heavy atom. The van der Waals surface area contributed by atoms with E-state index in [0.29, 0.717) is 0 Å². The van der Waals surface area contributed by atoms with Crippen LogP contribution in [0.3, 0.4) is 0 Å². The number of nitrogens with zero attached hydrogens (tertiary/aromatic N) is 3. The van der Waals surface area contributed by atoms with E-state index < -0.39 is 0 Å². The van der Waals surface area contributed by atoms with E-state index in [1.807, 2.05) is 12.4 Å². The van der Waals surface area contributed by atoms with Crippen molar-refractivity contribution < 1.29 is 0 Å². The fourth-order valence-corrected chi connectivity index (χ4v) is 2.80. The van der Waals surface area contributed by atoms with Gasteiger partial charge in [0, 0.05) is 45.0 Å². The van der Waals surface area contributed by atoms with Gasteiger partial charge in [0.2, 0.25) is 0 Å². The Hall–Kier alpha value is -0.870. The first-order valence-corrected chi connectivity index (χ1v) is 7.23. The van der Waals surface area contributed by atoms with Gasteiger partial charge in [-0.3, -0.25) is 0 Å². The highest BCUT2D eigenvalue weighted by atomic mass is 15.2. The molecule has 1 aromatic rings. The van der Waals surface area contributed by atoms with Gasteiger partial charge in [-0.1, -0.05) is 0 Å². The molecule has 0 radical (unpaired) electrons. The predicted molar refractivity (Wildman–Crippen MR) is 72.5 cm³/mol. The second-order valence-corrected chi connectivity index (χ2v) is 5.84. The second-order valence-electron chi connectivity index (χ2n) is 5.84. The average molecular weight is 248 g/mol. The Kier molecular flexibility index (Phi) is 3.66. The van der Waals surface area contributed by atoms with Crippen LogP contribution in [0.15, 0.2) is 12.4 Å². The van der Waals surface area contributed by atoms with E-state index in [2.05, 4.69) is 26.8 Å². The number of nitrogens with one attached hydrogen (secondary N) is 1. The van der Waals surface area contributed by atoms with Crippen LogP contribution in [0.2, 0.25) is 0 Å². The number of hydrogen-bond donors (Lipinski definition) is 1. The normalized spacial score (nSPS) is 24.8. The minimum Gasteiger partial charge on any atom is -0.338 e. The number of rotatable bonds is 6. The van der Waals surface area contributed by atoms with Crippen LogP contribution < -0.4 is 5.32 Å². The summed E-state index contributed by atoms with van der Waals surface area (Å²) in [6.45, 7) is 4.92. The minimum absolute atomic E-state index is 0.853. The molecule has 2 heterocycles. The lowest BCUT2D eigenvalue weighted by molar-refractivity contribution is 0.322. The van der Waals surface area contributed by atoms with Gasteiger partial charge < -0.3 is 14.8 Å². The van der Waals surface area contributed by atoms with Crippen LogP contribution in [-0.4, -0.2) is 46.7 Å². The topological polar surface area (TPSA) is 33.1 Å². The van der Waals surface area contributed by atoms with Crippen LogP contribution in [0.4, 0.5) is 0 Å². The smallest absolute Gasteiger partial charge is 0.109 e. The number of aryl methyl sites for hydroxylation is 1. The van der Waals surface area contributed by atoms with E-state index in [1.165, 1.54) is 44.7 Å². The zero-order valence-corrected chi connectivity index (χ0v) is 11.3. The monoisotopic (exact) mass is 248 g/mol. The molecule has 4 heteroatoms. The molecule has 1 saturated heterocycles. The van der Waals surface area contributed by atoms with E-state index in [1.54, 1.807) is 0 Å². The van der Waals surface area contributed by atoms with Gasteiger partial charge in [-0.05, 0) is 38.3 Å². The van der Waals surface area contributed by atoms with Crippen molar-refractivity contribution in [3.63, 3.8) is 0 Å². The predicted octanol–water partition coefficient (Wildman–Crippen LogP) is 1.04. The standard InChI is InChI=1S/C14H24N4/c1-17-9-6-15-14(17)5-8-18-7-4-12(11-18)10-16-13-2-3-13/h6,9,12-13,16H,2-5,7-8,10-11H2,1H3. The molecule has 1 N–H and O–H groups in total. The molecule has 18 heavy (non-hydrogen) atoms. The first-order chi connectivity index (χ1) is 8.81. The van der Waals surface area contributed by atoms with Crippen molar-refractivity contribution in [3.05, 3.63) is 18.2 Å². The Balaban J connectivity index is 1.37. The molecule has 4 nitrogen and oxygen atoms in total. The third-order valence-electron chi connectivity index (χ3n) is 4.22. The first-order valence-electron chi connectivity index (χ1n) is 7.23. The van der Waals surface area contributed by atoms with Crippen LogP contribution in [0.1, 0.15) is 25.1 Å². The maximum absolute atomic E-state index is 4.39. The van der Waals surface area contributed by atoms with Gasteiger partial charge in [0.05, 0.1) is 0 Å². The molecule has 2 fully saturated rings. The van der Waals surface area contributed by atoms with E-state index in [4.69, 9.17) is 0 Å². The van der Waals surface area contributed by atoms with Crippen molar-refractivity contribution in [1.29, 1.82) is 0 Å². The molecule has 1 unspecified atom stereocenters. The molecule has 3 rings (SSSR count). The molecule has 100 valence electrons. The molecular weight excluding hydrogens is 224 g/mol. The van der Waals surface area contributed by atoms with Crippen molar-refractivity contribution in [3.8, 4) is 0 Å². The van der Waals surface area contributed by atoms with E-state index in [-0.39, 0.29) is 0 Å². The van der Waals surface area contributed by atoms with Crippen LogP contribution in [0.25, 0.3) is 0 Å². The van der Waals surface area contributed by atoms with Gasteiger partial charge in [-0.2, -0.15) is 0 Å². The molecule has 1 atom stereocenters. The summed E-state index contributed by atoms with van der Waals surface area (Å²) in [6, 6.07) is 0.853. The van der Waals surface area contributed by atoms with Crippen molar-refractivity contribution in [2.45, 2.75) is 31.7 Å². The quantitative estimate of drug-likeness (QED) is 0.816. The molecule has 1 saturated carbocycles. The molecule has 1 aliphatic carbocycles. The fourth-order valence-electron chi connectivity index (χ4n) is 2.80. The van der Waals surface area contributed by atoms with Crippen LogP contribution in [0, 0.1) is 5.92 Å². The van der Waals surface area contributed by atoms with Gasteiger partial charge in [-0.15, -0.1) is 0 Å². The summed E-state index contributed by atoms with van der Waals surface area (Å²) in [6.07, 6.45) is 9.15. The van der Waals surface area contributed by atoms with Crippen LogP contribution in [-0.2, 0) is 13.5 Å². The second kappa shape index (κ2) is 5.41. The summed E-state index contributed by atoms with van der Waals surface area (Å²) in [4.78, 5) is 6.98. The van der Waals surface area contributed by atoms with Crippen molar-refractivity contribution in [2.24, 2.45) is 13.0 Å².